The molecule has 4 rings (SSSR count). The quantitative estimate of drug-likeness (QED) is 0.518. The molecule has 0 bridgehead atoms. The lowest BCUT2D eigenvalue weighted by molar-refractivity contribution is 0.0697. The number of aryl methyl sites for hydroxylation is 1. The van der Waals surface area contributed by atoms with Crippen molar-refractivity contribution in [3.8, 4) is 17.1 Å². The number of fused-ring (bicyclic) bond motifs is 1. The van der Waals surface area contributed by atoms with Gasteiger partial charge in [-0.15, -0.1) is 0 Å². The van der Waals surface area contributed by atoms with E-state index in [-0.39, 0.29) is 5.56 Å². The van der Waals surface area contributed by atoms with Crippen LogP contribution in [0.4, 0.5) is 5.82 Å². The monoisotopic (exact) mass is 401 g/mol. The van der Waals surface area contributed by atoms with E-state index in [0.29, 0.717) is 5.95 Å². The van der Waals surface area contributed by atoms with Gasteiger partial charge in [-0.1, -0.05) is 30.3 Å². The minimum atomic E-state index is -1.03. The Morgan fingerprint density at radius 2 is 1.87 bits per heavy atom. The summed E-state index contributed by atoms with van der Waals surface area (Å²) in [4.78, 5) is 22.8. The zero-order chi connectivity index (χ0) is 21.3. The SMILES string of the molecule is CCN(CC)c1nc(-n2cc(C(=O)O)cn2)nc2ccc(-c3ccccc3C)cc12. The molecule has 30 heavy (non-hydrogen) atoms. The Kier molecular flexibility index (Phi) is 5.18. The molecular formula is C23H23N5O2. The fourth-order valence-electron chi connectivity index (χ4n) is 3.57. The van der Waals surface area contributed by atoms with Crippen LogP contribution in [0.2, 0.25) is 0 Å². The van der Waals surface area contributed by atoms with E-state index in [2.05, 4.69) is 60.0 Å². The van der Waals surface area contributed by atoms with E-state index in [0.717, 1.165) is 35.4 Å². The van der Waals surface area contributed by atoms with E-state index in [1.54, 1.807) is 0 Å². The number of carbonyl (C=O) groups is 1. The molecule has 0 radical (unpaired) electrons. The molecule has 0 spiro atoms. The summed E-state index contributed by atoms with van der Waals surface area (Å²) in [5, 5.41) is 14.3. The van der Waals surface area contributed by atoms with Crippen LogP contribution in [-0.2, 0) is 0 Å². The maximum absolute atomic E-state index is 11.2. The highest BCUT2D eigenvalue weighted by Gasteiger charge is 2.16. The van der Waals surface area contributed by atoms with E-state index in [9.17, 15) is 9.90 Å². The highest BCUT2D eigenvalue weighted by Crippen LogP contribution is 2.31. The largest absolute Gasteiger partial charge is 0.478 e. The summed E-state index contributed by atoms with van der Waals surface area (Å²) in [6, 6.07) is 14.4. The normalized spacial score (nSPS) is 11.0. The van der Waals surface area contributed by atoms with Gasteiger partial charge < -0.3 is 10.0 Å². The minimum absolute atomic E-state index is 0.0954. The zero-order valence-corrected chi connectivity index (χ0v) is 17.2. The van der Waals surface area contributed by atoms with E-state index >= 15 is 0 Å². The summed E-state index contributed by atoms with van der Waals surface area (Å²) < 4.78 is 1.41. The average Bonchev–Trinajstić information content (AvgIpc) is 3.25. The summed E-state index contributed by atoms with van der Waals surface area (Å²) in [7, 11) is 0. The molecule has 7 nitrogen and oxygen atoms in total. The van der Waals surface area contributed by atoms with Gasteiger partial charge in [0.05, 0.1) is 17.3 Å². The number of hydrogen-bond acceptors (Lipinski definition) is 5. The smallest absolute Gasteiger partial charge is 0.338 e. The predicted octanol–water partition coefficient (Wildman–Crippen LogP) is 4.34. The Bertz CT molecular complexity index is 1230. The molecule has 0 atom stereocenters. The number of hydrogen-bond donors (Lipinski definition) is 1. The van der Waals surface area contributed by atoms with Gasteiger partial charge in [0.15, 0.2) is 0 Å². The maximum Gasteiger partial charge on any atom is 0.338 e. The molecule has 2 aromatic carbocycles. The Labute approximate surface area is 174 Å². The van der Waals surface area contributed by atoms with Gasteiger partial charge in [-0.3, -0.25) is 0 Å². The van der Waals surface area contributed by atoms with Crippen molar-refractivity contribution >= 4 is 22.7 Å². The van der Waals surface area contributed by atoms with E-state index < -0.39 is 5.97 Å². The molecule has 0 aliphatic heterocycles. The number of carboxylic acid groups (broad SMARTS) is 1. The van der Waals surface area contributed by atoms with Gasteiger partial charge in [0.25, 0.3) is 5.95 Å². The third kappa shape index (κ3) is 3.50. The molecule has 7 heteroatoms. The van der Waals surface area contributed by atoms with Gasteiger partial charge in [0.1, 0.15) is 5.82 Å². The second-order valence-corrected chi connectivity index (χ2v) is 7.05. The molecule has 1 N–H and O–H groups in total. The van der Waals surface area contributed by atoms with E-state index in [1.165, 1.54) is 28.2 Å². The number of nitrogens with zero attached hydrogens (tertiary/aromatic N) is 5. The number of aromatic carboxylic acids is 1. The molecule has 2 aromatic heterocycles. The summed E-state index contributed by atoms with van der Waals surface area (Å²) in [6.45, 7) is 7.84. The van der Waals surface area contributed by atoms with Gasteiger partial charge in [-0.25, -0.2) is 14.5 Å². The highest BCUT2D eigenvalue weighted by molar-refractivity contribution is 5.94. The van der Waals surface area contributed by atoms with Crippen LogP contribution in [0.15, 0.2) is 54.9 Å². The molecule has 2 heterocycles. The summed E-state index contributed by atoms with van der Waals surface area (Å²) in [5.74, 6) is 0.122. The van der Waals surface area contributed by atoms with Crippen molar-refractivity contribution in [2.75, 3.05) is 18.0 Å². The van der Waals surface area contributed by atoms with E-state index in [1.807, 2.05) is 18.2 Å². The molecule has 0 aliphatic rings. The molecule has 0 fully saturated rings. The number of aromatic nitrogens is 4. The third-order valence-electron chi connectivity index (χ3n) is 5.22. The summed E-state index contributed by atoms with van der Waals surface area (Å²) in [5.41, 5.74) is 4.37. The Morgan fingerprint density at radius 1 is 1.10 bits per heavy atom. The van der Waals surface area contributed by atoms with Crippen molar-refractivity contribution in [1.29, 1.82) is 0 Å². The first-order valence-electron chi connectivity index (χ1n) is 9.93. The van der Waals surface area contributed by atoms with Crippen molar-refractivity contribution in [3.05, 3.63) is 66.0 Å². The van der Waals surface area contributed by atoms with Gasteiger partial charge in [0, 0.05) is 24.7 Å². The van der Waals surface area contributed by atoms with Crippen LogP contribution >= 0.6 is 0 Å². The van der Waals surface area contributed by atoms with Crippen LogP contribution in [0.1, 0.15) is 29.8 Å². The molecule has 0 amide bonds. The lowest BCUT2D eigenvalue weighted by atomic mass is 9.99. The Morgan fingerprint density at radius 3 is 2.53 bits per heavy atom. The van der Waals surface area contributed by atoms with Crippen LogP contribution in [-0.4, -0.2) is 43.9 Å². The topological polar surface area (TPSA) is 84.1 Å². The second-order valence-electron chi connectivity index (χ2n) is 7.05. The number of anilines is 1. The summed E-state index contributed by atoms with van der Waals surface area (Å²) >= 11 is 0. The number of carboxylic acids is 1. The van der Waals surface area contributed by atoms with Crippen molar-refractivity contribution in [3.63, 3.8) is 0 Å². The predicted molar refractivity (Wildman–Crippen MR) is 117 cm³/mol. The summed E-state index contributed by atoms with van der Waals surface area (Å²) in [6.07, 6.45) is 2.73. The first-order chi connectivity index (χ1) is 14.5. The van der Waals surface area contributed by atoms with Gasteiger partial charge >= 0.3 is 5.97 Å². The van der Waals surface area contributed by atoms with Crippen molar-refractivity contribution in [1.82, 2.24) is 19.7 Å². The number of benzene rings is 2. The van der Waals surface area contributed by atoms with Crippen molar-refractivity contribution in [2.24, 2.45) is 0 Å². The molecule has 4 aromatic rings. The van der Waals surface area contributed by atoms with Crippen LogP contribution in [0.3, 0.4) is 0 Å². The Hall–Kier alpha value is -3.74. The first-order valence-corrected chi connectivity index (χ1v) is 9.93. The van der Waals surface area contributed by atoms with Crippen LogP contribution in [0.25, 0.3) is 28.0 Å². The van der Waals surface area contributed by atoms with Crippen LogP contribution < -0.4 is 4.90 Å². The second kappa shape index (κ2) is 7.94. The third-order valence-corrected chi connectivity index (χ3v) is 5.22. The van der Waals surface area contributed by atoms with Gasteiger partial charge in [0.2, 0.25) is 0 Å². The fraction of sp³-hybridized carbons (Fsp3) is 0.217. The van der Waals surface area contributed by atoms with Gasteiger partial charge in [-0.2, -0.15) is 10.1 Å². The standard InChI is InChI=1S/C23H23N5O2/c1-4-27(5-2)21-19-12-16(18-9-7-6-8-15(18)3)10-11-20(19)25-23(26-21)28-14-17(13-24-28)22(29)30/h6-14H,4-5H2,1-3H3,(H,29,30). The fourth-order valence-corrected chi connectivity index (χ4v) is 3.57. The maximum atomic E-state index is 11.2. The molecule has 152 valence electrons. The molecule has 0 aliphatic carbocycles. The van der Waals surface area contributed by atoms with Crippen LogP contribution in [0, 0.1) is 6.92 Å². The number of rotatable bonds is 6. The van der Waals surface area contributed by atoms with Crippen molar-refractivity contribution < 1.29 is 9.90 Å². The molecular weight excluding hydrogens is 378 g/mol. The zero-order valence-electron chi connectivity index (χ0n) is 17.2. The molecule has 0 saturated carbocycles. The van der Waals surface area contributed by atoms with Crippen molar-refractivity contribution in [2.45, 2.75) is 20.8 Å². The minimum Gasteiger partial charge on any atom is -0.478 e. The Balaban J connectivity index is 1.92. The highest BCUT2D eigenvalue weighted by atomic mass is 16.4. The average molecular weight is 401 g/mol. The first kappa shape index (κ1) is 19.6. The molecule has 0 saturated heterocycles. The lowest BCUT2D eigenvalue weighted by Crippen LogP contribution is -2.24. The van der Waals surface area contributed by atoms with Gasteiger partial charge in [-0.05, 0) is 49.6 Å². The van der Waals surface area contributed by atoms with Crippen LogP contribution in [0.5, 0.6) is 0 Å². The van der Waals surface area contributed by atoms with E-state index in [4.69, 9.17) is 4.98 Å². The molecule has 0 unspecified atom stereocenters. The lowest BCUT2D eigenvalue weighted by Gasteiger charge is -2.22.